The van der Waals surface area contributed by atoms with Crippen molar-refractivity contribution in [3.8, 4) is 0 Å². The Hall–Kier alpha value is -1.20. The number of nitrogens with one attached hydrogen (secondary N) is 1. The lowest BCUT2D eigenvalue weighted by atomic mass is 9.99. The summed E-state index contributed by atoms with van der Waals surface area (Å²) in [6.07, 6.45) is 3.93. The molecular weight excluding hydrogens is 328 g/mol. The van der Waals surface area contributed by atoms with E-state index in [9.17, 15) is 0 Å². The number of aliphatic imine (C=N–C) groups is 1. The Morgan fingerprint density at radius 3 is 2.76 bits per heavy atom. The molecule has 5 heteroatoms. The van der Waals surface area contributed by atoms with E-state index in [0.29, 0.717) is 0 Å². The summed E-state index contributed by atoms with van der Waals surface area (Å²) in [6, 6.07) is 10.7. The zero-order valence-corrected chi connectivity index (χ0v) is 16.5. The first-order valence-corrected chi connectivity index (χ1v) is 10.5. The molecule has 1 aromatic carbocycles. The molecule has 2 aliphatic heterocycles. The van der Waals surface area contributed by atoms with Crippen LogP contribution in [0.1, 0.15) is 19.3 Å². The average Bonchev–Trinajstić information content (AvgIpc) is 3.10. The average molecular weight is 361 g/mol. The van der Waals surface area contributed by atoms with Gasteiger partial charge in [0.25, 0.3) is 0 Å². The largest absolute Gasteiger partial charge is 0.356 e. The molecule has 2 heterocycles. The van der Waals surface area contributed by atoms with Crippen molar-refractivity contribution in [3.05, 3.63) is 30.3 Å². The van der Waals surface area contributed by atoms with Crippen LogP contribution in [0, 0.1) is 11.8 Å². The highest BCUT2D eigenvalue weighted by molar-refractivity contribution is 7.99. The van der Waals surface area contributed by atoms with E-state index in [4.69, 9.17) is 0 Å². The predicted octanol–water partition coefficient (Wildman–Crippen LogP) is 3.02. The van der Waals surface area contributed by atoms with E-state index in [1.165, 1.54) is 43.0 Å². The summed E-state index contributed by atoms with van der Waals surface area (Å²) in [5, 5.41) is 3.64. The lowest BCUT2D eigenvalue weighted by Crippen LogP contribution is -2.44. The van der Waals surface area contributed by atoms with Crippen molar-refractivity contribution < 1.29 is 0 Å². The maximum Gasteiger partial charge on any atom is 0.193 e. The van der Waals surface area contributed by atoms with Crippen LogP contribution in [0.3, 0.4) is 0 Å². The molecule has 0 aliphatic carbocycles. The summed E-state index contributed by atoms with van der Waals surface area (Å²) in [7, 11) is 4.15. The fourth-order valence-corrected chi connectivity index (χ4v) is 4.95. The zero-order chi connectivity index (χ0) is 17.5. The van der Waals surface area contributed by atoms with Crippen molar-refractivity contribution >= 4 is 17.7 Å². The highest BCUT2D eigenvalue weighted by Gasteiger charge is 2.25. The molecule has 3 rings (SSSR count). The molecule has 2 fully saturated rings. The topological polar surface area (TPSA) is 30.9 Å². The van der Waals surface area contributed by atoms with E-state index in [1.54, 1.807) is 0 Å². The summed E-state index contributed by atoms with van der Waals surface area (Å²) in [6.45, 7) is 5.77. The molecule has 2 aliphatic rings. The van der Waals surface area contributed by atoms with Crippen LogP contribution in [0.25, 0.3) is 0 Å². The van der Waals surface area contributed by atoms with Crippen LogP contribution >= 0.6 is 11.8 Å². The van der Waals surface area contributed by atoms with Crippen LogP contribution in [0.5, 0.6) is 0 Å². The van der Waals surface area contributed by atoms with Crippen molar-refractivity contribution in [3.63, 3.8) is 0 Å². The van der Waals surface area contributed by atoms with Crippen molar-refractivity contribution in [1.82, 2.24) is 15.1 Å². The van der Waals surface area contributed by atoms with Crippen molar-refractivity contribution in [2.75, 3.05) is 52.6 Å². The fraction of sp³-hybridized carbons (Fsp3) is 0.650. The first-order valence-electron chi connectivity index (χ1n) is 9.56. The maximum absolute atomic E-state index is 4.54. The minimum atomic E-state index is 0.752. The lowest BCUT2D eigenvalue weighted by molar-refractivity contribution is 0.209. The second kappa shape index (κ2) is 9.48. The molecule has 0 saturated carbocycles. The fourth-order valence-electron chi connectivity index (χ4n) is 3.90. The highest BCUT2D eigenvalue weighted by atomic mass is 32.2. The number of guanidine groups is 1. The van der Waals surface area contributed by atoms with E-state index in [1.807, 2.05) is 18.8 Å². The van der Waals surface area contributed by atoms with Crippen molar-refractivity contribution in [2.45, 2.75) is 24.2 Å². The Balaban J connectivity index is 1.41. The van der Waals surface area contributed by atoms with Gasteiger partial charge < -0.3 is 15.1 Å². The molecule has 1 aromatic rings. The molecule has 0 radical (unpaired) electrons. The molecule has 2 atom stereocenters. The number of hydrogen-bond acceptors (Lipinski definition) is 3. The van der Waals surface area contributed by atoms with Gasteiger partial charge in [-0.2, -0.15) is 0 Å². The molecule has 0 spiro atoms. The van der Waals surface area contributed by atoms with Gasteiger partial charge in [0.15, 0.2) is 5.96 Å². The summed E-state index contributed by atoms with van der Waals surface area (Å²) < 4.78 is 0. The van der Waals surface area contributed by atoms with Gasteiger partial charge in [-0.1, -0.05) is 18.2 Å². The predicted molar refractivity (Wildman–Crippen MR) is 108 cm³/mol. The minimum Gasteiger partial charge on any atom is -0.356 e. The summed E-state index contributed by atoms with van der Waals surface area (Å²) in [5.74, 6) is 3.80. The van der Waals surface area contributed by atoms with Gasteiger partial charge in [0.2, 0.25) is 0 Å². The smallest absolute Gasteiger partial charge is 0.193 e. The minimum absolute atomic E-state index is 0.752. The quantitative estimate of drug-likeness (QED) is 0.497. The van der Waals surface area contributed by atoms with Crippen LogP contribution in [-0.4, -0.2) is 68.3 Å². The Morgan fingerprint density at radius 1 is 1.16 bits per heavy atom. The van der Waals surface area contributed by atoms with Crippen molar-refractivity contribution in [1.29, 1.82) is 0 Å². The second-order valence-electron chi connectivity index (χ2n) is 7.42. The van der Waals surface area contributed by atoms with Crippen LogP contribution in [0.15, 0.2) is 40.2 Å². The van der Waals surface area contributed by atoms with Gasteiger partial charge in [-0.3, -0.25) is 4.99 Å². The molecule has 4 nitrogen and oxygen atoms in total. The van der Waals surface area contributed by atoms with Gasteiger partial charge in [-0.15, -0.1) is 11.8 Å². The van der Waals surface area contributed by atoms with Gasteiger partial charge in [0.1, 0.15) is 0 Å². The normalized spacial score (nSPS) is 25.4. The van der Waals surface area contributed by atoms with Gasteiger partial charge in [-0.05, 0) is 56.8 Å². The number of hydrogen-bond donors (Lipinski definition) is 1. The standard InChI is InChI=1S/C20H32N4S/c1-21-20(22-13-17-7-6-11-23(2)14-17)24-12-10-18(15-24)16-25-19-8-4-3-5-9-19/h3-5,8-9,17-18H,6-7,10-16H2,1-2H3,(H,21,22). The molecule has 2 saturated heterocycles. The van der Waals surface area contributed by atoms with E-state index in [0.717, 1.165) is 37.4 Å². The molecule has 25 heavy (non-hydrogen) atoms. The monoisotopic (exact) mass is 360 g/mol. The van der Waals surface area contributed by atoms with E-state index < -0.39 is 0 Å². The zero-order valence-electron chi connectivity index (χ0n) is 15.7. The molecule has 0 amide bonds. The van der Waals surface area contributed by atoms with Crippen LogP contribution in [0.4, 0.5) is 0 Å². The number of piperidine rings is 1. The van der Waals surface area contributed by atoms with E-state index >= 15 is 0 Å². The lowest BCUT2D eigenvalue weighted by Gasteiger charge is -2.31. The molecule has 2 unspecified atom stereocenters. The third kappa shape index (κ3) is 5.65. The Bertz CT molecular complexity index is 548. The highest BCUT2D eigenvalue weighted by Crippen LogP contribution is 2.26. The molecule has 138 valence electrons. The van der Waals surface area contributed by atoms with Crippen LogP contribution in [-0.2, 0) is 0 Å². The summed E-state index contributed by atoms with van der Waals surface area (Å²) in [5.41, 5.74) is 0. The molecule has 0 bridgehead atoms. The van der Waals surface area contributed by atoms with Gasteiger partial charge >= 0.3 is 0 Å². The van der Waals surface area contributed by atoms with E-state index in [2.05, 4.69) is 57.5 Å². The molecular formula is C20H32N4S. The number of nitrogens with zero attached hydrogens (tertiary/aromatic N) is 3. The number of rotatable bonds is 5. The van der Waals surface area contributed by atoms with Crippen LogP contribution in [0.2, 0.25) is 0 Å². The number of thioether (sulfide) groups is 1. The third-order valence-corrected chi connectivity index (χ3v) is 6.54. The summed E-state index contributed by atoms with van der Waals surface area (Å²) in [4.78, 5) is 10.8. The first kappa shape index (κ1) is 18.6. The molecule has 0 aromatic heterocycles. The Kier molecular flexibility index (Phi) is 7.05. The van der Waals surface area contributed by atoms with Gasteiger partial charge in [0, 0.05) is 43.9 Å². The maximum atomic E-state index is 4.54. The van der Waals surface area contributed by atoms with Gasteiger partial charge in [0.05, 0.1) is 0 Å². The molecule has 1 N–H and O–H groups in total. The summed E-state index contributed by atoms with van der Waals surface area (Å²) >= 11 is 1.98. The number of likely N-dealkylation sites (tertiary alicyclic amines) is 2. The van der Waals surface area contributed by atoms with Crippen molar-refractivity contribution in [2.24, 2.45) is 16.8 Å². The Morgan fingerprint density at radius 2 is 2.00 bits per heavy atom. The first-order chi connectivity index (χ1) is 12.2. The SMILES string of the molecule is CN=C(NCC1CCCN(C)C1)N1CCC(CSc2ccccc2)C1. The Labute approximate surface area is 157 Å². The number of benzene rings is 1. The van der Waals surface area contributed by atoms with Crippen LogP contribution < -0.4 is 5.32 Å². The second-order valence-corrected chi connectivity index (χ2v) is 8.52. The van der Waals surface area contributed by atoms with E-state index in [-0.39, 0.29) is 0 Å². The van der Waals surface area contributed by atoms with Gasteiger partial charge in [-0.25, -0.2) is 0 Å². The third-order valence-electron chi connectivity index (χ3n) is 5.30.